The highest BCUT2D eigenvalue weighted by atomic mass is 16.5. The summed E-state index contributed by atoms with van der Waals surface area (Å²) in [5, 5.41) is 8.79. The standard InChI is InChI=1S/C14H23NO4/c16-13(17)7-6-12-5-1-2-8-15(12)14(18)11-4-3-9-19-10-11/h11-12H,1-10H2,(H,16,17)/t11-,12+/m1/s1. The lowest BCUT2D eigenvalue weighted by Crippen LogP contribution is -2.48. The van der Waals surface area contributed by atoms with Gasteiger partial charge in [-0.3, -0.25) is 9.59 Å². The van der Waals surface area contributed by atoms with Crippen molar-refractivity contribution in [3.8, 4) is 0 Å². The molecular formula is C14H23NO4. The minimum atomic E-state index is -0.779. The first-order valence-corrected chi connectivity index (χ1v) is 7.28. The molecule has 19 heavy (non-hydrogen) atoms. The lowest BCUT2D eigenvalue weighted by molar-refractivity contribution is -0.145. The zero-order chi connectivity index (χ0) is 13.7. The smallest absolute Gasteiger partial charge is 0.303 e. The molecular weight excluding hydrogens is 246 g/mol. The third kappa shape index (κ3) is 3.93. The van der Waals surface area contributed by atoms with Crippen LogP contribution in [0.15, 0.2) is 0 Å². The first-order valence-electron chi connectivity index (χ1n) is 7.28. The van der Waals surface area contributed by atoms with Crippen molar-refractivity contribution in [3.63, 3.8) is 0 Å². The average Bonchev–Trinajstić information content (AvgIpc) is 2.45. The Hall–Kier alpha value is -1.10. The van der Waals surface area contributed by atoms with Gasteiger partial charge in [0, 0.05) is 25.6 Å². The van der Waals surface area contributed by atoms with Crippen LogP contribution in [0, 0.1) is 5.92 Å². The Morgan fingerprint density at radius 2 is 2.05 bits per heavy atom. The molecule has 5 nitrogen and oxygen atoms in total. The zero-order valence-corrected chi connectivity index (χ0v) is 11.3. The fraction of sp³-hybridized carbons (Fsp3) is 0.857. The molecule has 2 aliphatic heterocycles. The molecule has 0 bridgehead atoms. The van der Waals surface area contributed by atoms with Crippen LogP contribution in [0.3, 0.4) is 0 Å². The first-order chi connectivity index (χ1) is 9.18. The average molecular weight is 269 g/mol. The monoisotopic (exact) mass is 269 g/mol. The number of nitrogens with zero attached hydrogens (tertiary/aromatic N) is 1. The minimum absolute atomic E-state index is 0.0146. The third-order valence-electron chi connectivity index (χ3n) is 4.11. The van der Waals surface area contributed by atoms with Crippen molar-refractivity contribution in [1.29, 1.82) is 0 Å². The fourth-order valence-electron chi connectivity index (χ4n) is 3.05. The van der Waals surface area contributed by atoms with E-state index in [1.54, 1.807) is 0 Å². The number of likely N-dealkylation sites (tertiary alicyclic amines) is 1. The number of hydrogen-bond donors (Lipinski definition) is 1. The van der Waals surface area contributed by atoms with Gasteiger partial charge in [0.05, 0.1) is 12.5 Å². The van der Waals surface area contributed by atoms with Gasteiger partial charge < -0.3 is 14.7 Å². The van der Waals surface area contributed by atoms with Gasteiger partial charge in [0.25, 0.3) is 0 Å². The Morgan fingerprint density at radius 3 is 2.74 bits per heavy atom. The van der Waals surface area contributed by atoms with Crippen LogP contribution in [0.25, 0.3) is 0 Å². The second-order valence-corrected chi connectivity index (χ2v) is 5.53. The van der Waals surface area contributed by atoms with Gasteiger partial charge in [0.2, 0.25) is 5.91 Å². The summed E-state index contributed by atoms with van der Waals surface area (Å²) in [6.45, 7) is 2.06. The maximum Gasteiger partial charge on any atom is 0.303 e. The van der Waals surface area contributed by atoms with Gasteiger partial charge >= 0.3 is 5.97 Å². The Balaban J connectivity index is 1.93. The van der Waals surface area contributed by atoms with Gasteiger partial charge in [-0.25, -0.2) is 0 Å². The van der Waals surface area contributed by atoms with Gasteiger partial charge in [-0.1, -0.05) is 0 Å². The molecule has 0 saturated carbocycles. The van der Waals surface area contributed by atoms with Gasteiger partial charge in [-0.05, 0) is 38.5 Å². The van der Waals surface area contributed by atoms with Crippen LogP contribution in [-0.4, -0.2) is 47.7 Å². The van der Waals surface area contributed by atoms with Crippen molar-refractivity contribution >= 4 is 11.9 Å². The molecule has 0 aromatic carbocycles. The van der Waals surface area contributed by atoms with E-state index in [0.29, 0.717) is 13.0 Å². The van der Waals surface area contributed by atoms with E-state index in [0.717, 1.165) is 45.3 Å². The summed E-state index contributed by atoms with van der Waals surface area (Å²) in [7, 11) is 0. The van der Waals surface area contributed by atoms with E-state index < -0.39 is 5.97 Å². The van der Waals surface area contributed by atoms with Crippen LogP contribution in [0.2, 0.25) is 0 Å². The van der Waals surface area contributed by atoms with E-state index in [-0.39, 0.29) is 24.3 Å². The molecule has 2 saturated heterocycles. The normalized spacial score (nSPS) is 28.1. The number of piperidine rings is 1. The van der Waals surface area contributed by atoms with Crippen molar-refractivity contribution in [2.75, 3.05) is 19.8 Å². The van der Waals surface area contributed by atoms with Crippen molar-refractivity contribution in [3.05, 3.63) is 0 Å². The molecule has 0 aliphatic carbocycles. The van der Waals surface area contributed by atoms with Gasteiger partial charge in [0.15, 0.2) is 0 Å². The van der Waals surface area contributed by atoms with Crippen molar-refractivity contribution < 1.29 is 19.4 Å². The molecule has 0 unspecified atom stereocenters. The molecule has 2 aliphatic rings. The molecule has 5 heteroatoms. The second-order valence-electron chi connectivity index (χ2n) is 5.53. The maximum absolute atomic E-state index is 12.5. The van der Waals surface area contributed by atoms with Gasteiger partial charge in [0.1, 0.15) is 0 Å². The highest BCUT2D eigenvalue weighted by Gasteiger charge is 2.32. The number of hydrogen-bond acceptors (Lipinski definition) is 3. The Bertz CT molecular complexity index is 325. The highest BCUT2D eigenvalue weighted by Crippen LogP contribution is 2.25. The number of amides is 1. The molecule has 2 fully saturated rings. The van der Waals surface area contributed by atoms with E-state index >= 15 is 0 Å². The molecule has 0 radical (unpaired) electrons. The van der Waals surface area contributed by atoms with Crippen molar-refractivity contribution in [1.82, 2.24) is 4.90 Å². The number of aliphatic carboxylic acids is 1. The summed E-state index contributed by atoms with van der Waals surface area (Å²) in [5.74, 6) is -0.618. The second kappa shape index (κ2) is 6.89. The molecule has 2 rings (SSSR count). The summed E-state index contributed by atoms with van der Waals surface area (Å²) < 4.78 is 5.39. The summed E-state index contributed by atoms with van der Waals surface area (Å²) in [6.07, 6.45) is 5.64. The van der Waals surface area contributed by atoms with Crippen LogP contribution in [0.4, 0.5) is 0 Å². The Morgan fingerprint density at radius 1 is 1.21 bits per heavy atom. The van der Waals surface area contributed by atoms with Crippen LogP contribution in [0.1, 0.15) is 44.9 Å². The Kier molecular flexibility index (Phi) is 5.19. The molecule has 0 spiro atoms. The van der Waals surface area contributed by atoms with E-state index in [2.05, 4.69) is 0 Å². The summed E-state index contributed by atoms with van der Waals surface area (Å²) >= 11 is 0. The fourth-order valence-corrected chi connectivity index (χ4v) is 3.05. The van der Waals surface area contributed by atoms with Gasteiger partial charge in [-0.15, -0.1) is 0 Å². The number of ether oxygens (including phenoxy) is 1. The molecule has 1 N–H and O–H groups in total. The SMILES string of the molecule is O=C(O)CC[C@@H]1CCCCN1C(=O)[C@@H]1CCCOC1. The topological polar surface area (TPSA) is 66.8 Å². The molecule has 0 aromatic rings. The van der Waals surface area contributed by atoms with Crippen molar-refractivity contribution in [2.45, 2.75) is 51.0 Å². The number of carboxylic acid groups (broad SMARTS) is 1. The summed E-state index contributed by atoms with van der Waals surface area (Å²) in [6, 6.07) is 0.110. The van der Waals surface area contributed by atoms with Crippen LogP contribution in [-0.2, 0) is 14.3 Å². The lowest BCUT2D eigenvalue weighted by Gasteiger charge is -2.38. The van der Waals surface area contributed by atoms with Crippen LogP contribution in [0.5, 0.6) is 0 Å². The molecule has 1 amide bonds. The van der Waals surface area contributed by atoms with E-state index in [9.17, 15) is 9.59 Å². The molecule has 2 heterocycles. The number of carbonyl (C=O) groups excluding carboxylic acids is 1. The molecule has 2 atom stereocenters. The van der Waals surface area contributed by atoms with Gasteiger partial charge in [-0.2, -0.15) is 0 Å². The third-order valence-corrected chi connectivity index (χ3v) is 4.11. The Labute approximate surface area is 113 Å². The predicted molar refractivity (Wildman–Crippen MR) is 69.8 cm³/mol. The quantitative estimate of drug-likeness (QED) is 0.843. The van der Waals surface area contributed by atoms with Crippen LogP contribution < -0.4 is 0 Å². The van der Waals surface area contributed by atoms with E-state index in [1.807, 2.05) is 4.90 Å². The highest BCUT2D eigenvalue weighted by molar-refractivity contribution is 5.79. The molecule has 108 valence electrons. The summed E-state index contributed by atoms with van der Waals surface area (Å²) in [4.78, 5) is 25.1. The largest absolute Gasteiger partial charge is 0.481 e. The zero-order valence-electron chi connectivity index (χ0n) is 11.3. The first kappa shape index (κ1) is 14.3. The maximum atomic E-state index is 12.5. The van der Waals surface area contributed by atoms with E-state index in [4.69, 9.17) is 9.84 Å². The number of rotatable bonds is 4. The summed E-state index contributed by atoms with van der Waals surface area (Å²) in [5.41, 5.74) is 0. The number of carbonyl (C=O) groups is 2. The predicted octanol–water partition coefficient (Wildman–Crippen LogP) is 1.66. The minimum Gasteiger partial charge on any atom is -0.481 e. The van der Waals surface area contributed by atoms with E-state index in [1.165, 1.54) is 0 Å². The number of carboxylic acids is 1. The van der Waals surface area contributed by atoms with Crippen LogP contribution >= 0.6 is 0 Å². The molecule has 0 aromatic heterocycles. The van der Waals surface area contributed by atoms with Crippen molar-refractivity contribution in [2.24, 2.45) is 5.92 Å². The lowest BCUT2D eigenvalue weighted by atomic mass is 9.94.